The minimum absolute atomic E-state index is 0.0127. The molecule has 0 radical (unpaired) electrons. The molecule has 2 rings (SSSR count). The number of piperazine rings is 1. The Morgan fingerprint density at radius 3 is 2.82 bits per heavy atom. The second kappa shape index (κ2) is 4.56. The summed E-state index contributed by atoms with van der Waals surface area (Å²) in [4.78, 5) is 3.87. The van der Waals surface area contributed by atoms with Crippen molar-refractivity contribution in [2.75, 3.05) is 19.6 Å². The summed E-state index contributed by atoms with van der Waals surface area (Å²) >= 11 is 5.77. The SMILES string of the molecule is C[C@@H]1CNCCN1S(=O)(=O)c1cn(C)c(Cl)n1. The molecule has 0 aliphatic carbocycles. The molecule has 0 bridgehead atoms. The number of aromatic nitrogens is 2. The standard InChI is InChI=1S/C9H15ClN4O2S/c1-7-5-11-3-4-14(7)17(15,16)8-6-13(2)9(10)12-8/h6-7,11H,3-5H2,1-2H3/t7-/m1/s1. The summed E-state index contributed by atoms with van der Waals surface area (Å²) in [7, 11) is -1.87. The smallest absolute Gasteiger partial charge is 0.262 e. The molecule has 96 valence electrons. The van der Waals surface area contributed by atoms with E-state index in [0.29, 0.717) is 19.6 Å². The molecule has 0 amide bonds. The Labute approximate surface area is 106 Å². The number of nitrogens with zero attached hydrogens (tertiary/aromatic N) is 3. The van der Waals surface area contributed by atoms with Gasteiger partial charge in [0.25, 0.3) is 10.0 Å². The van der Waals surface area contributed by atoms with E-state index >= 15 is 0 Å². The lowest BCUT2D eigenvalue weighted by Crippen LogP contribution is -2.52. The maximum Gasteiger partial charge on any atom is 0.262 e. The Balaban J connectivity index is 2.35. The number of rotatable bonds is 2. The molecule has 1 fully saturated rings. The number of hydrogen-bond acceptors (Lipinski definition) is 4. The molecule has 6 nitrogen and oxygen atoms in total. The van der Waals surface area contributed by atoms with Crippen molar-refractivity contribution in [1.29, 1.82) is 0 Å². The third-order valence-electron chi connectivity index (χ3n) is 2.81. The second-order valence-corrected chi connectivity index (χ2v) is 6.30. The number of sulfonamides is 1. The van der Waals surface area contributed by atoms with Gasteiger partial charge in [-0.05, 0) is 18.5 Å². The van der Waals surface area contributed by atoms with Crippen LogP contribution in [0, 0.1) is 0 Å². The Morgan fingerprint density at radius 1 is 1.59 bits per heavy atom. The summed E-state index contributed by atoms with van der Waals surface area (Å²) in [5.41, 5.74) is 0. The normalized spacial score (nSPS) is 22.9. The van der Waals surface area contributed by atoms with Gasteiger partial charge in [-0.25, -0.2) is 13.4 Å². The van der Waals surface area contributed by atoms with Gasteiger partial charge in [-0.15, -0.1) is 0 Å². The maximum absolute atomic E-state index is 12.3. The Morgan fingerprint density at radius 2 is 2.29 bits per heavy atom. The van der Waals surface area contributed by atoms with Crippen LogP contribution in [0.4, 0.5) is 0 Å². The van der Waals surface area contributed by atoms with Crippen molar-refractivity contribution in [3.05, 3.63) is 11.5 Å². The summed E-state index contributed by atoms with van der Waals surface area (Å²) in [5, 5.41) is 3.33. The maximum atomic E-state index is 12.3. The fourth-order valence-corrected chi connectivity index (χ4v) is 3.64. The summed E-state index contributed by atoms with van der Waals surface area (Å²) in [6.45, 7) is 3.63. The van der Waals surface area contributed by atoms with Crippen molar-refractivity contribution in [2.45, 2.75) is 18.0 Å². The molecule has 1 aromatic rings. The highest BCUT2D eigenvalue weighted by Crippen LogP contribution is 2.19. The number of hydrogen-bond donors (Lipinski definition) is 1. The van der Waals surface area contributed by atoms with E-state index < -0.39 is 10.0 Å². The van der Waals surface area contributed by atoms with Gasteiger partial charge in [-0.3, -0.25) is 0 Å². The van der Waals surface area contributed by atoms with E-state index in [9.17, 15) is 8.42 Å². The van der Waals surface area contributed by atoms with Crippen LogP contribution < -0.4 is 5.32 Å². The first kappa shape index (κ1) is 12.8. The molecule has 1 aliphatic heterocycles. The molecule has 1 N–H and O–H groups in total. The van der Waals surface area contributed by atoms with Gasteiger partial charge in [0.1, 0.15) is 0 Å². The number of halogens is 1. The van der Waals surface area contributed by atoms with Gasteiger partial charge in [-0.2, -0.15) is 4.31 Å². The molecule has 1 atom stereocenters. The van der Waals surface area contributed by atoms with Crippen LogP contribution in [-0.2, 0) is 17.1 Å². The number of aryl methyl sites for hydroxylation is 1. The topological polar surface area (TPSA) is 67.2 Å². The molecule has 2 heterocycles. The molecule has 17 heavy (non-hydrogen) atoms. The number of imidazole rings is 1. The fourth-order valence-electron chi connectivity index (χ4n) is 1.84. The average molecular weight is 279 g/mol. The van der Waals surface area contributed by atoms with E-state index in [1.807, 2.05) is 6.92 Å². The van der Waals surface area contributed by atoms with E-state index in [1.54, 1.807) is 7.05 Å². The molecule has 8 heteroatoms. The largest absolute Gasteiger partial charge is 0.323 e. The third kappa shape index (κ3) is 2.33. The predicted octanol–water partition coefficient (Wildman–Crippen LogP) is 0.0559. The Kier molecular flexibility index (Phi) is 3.44. The van der Waals surface area contributed by atoms with Gasteiger partial charge < -0.3 is 9.88 Å². The summed E-state index contributed by atoms with van der Waals surface area (Å²) in [6.07, 6.45) is 1.44. The van der Waals surface area contributed by atoms with E-state index in [4.69, 9.17) is 11.6 Å². The molecule has 0 unspecified atom stereocenters. The molecule has 1 saturated heterocycles. The lowest BCUT2D eigenvalue weighted by atomic mass is 10.3. The summed E-state index contributed by atoms with van der Waals surface area (Å²) in [5.74, 6) is 0. The molecule has 0 spiro atoms. The average Bonchev–Trinajstić information content (AvgIpc) is 2.60. The first-order valence-electron chi connectivity index (χ1n) is 5.34. The first-order chi connectivity index (χ1) is 7.93. The zero-order valence-corrected chi connectivity index (χ0v) is 11.3. The van der Waals surface area contributed by atoms with E-state index in [-0.39, 0.29) is 16.4 Å². The fraction of sp³-hybridized carbons (Fsp3) is 0.667. The lowest BCUT2D eigenvalue weighted by molar-refractivity contribution is 0.283. The van der Waals surface area contributed by atoms with Gasteiger partial charge in [-0.1, -0.05) is 0 Å². The van der Waals surface area contributed by atoms with Crippen LogP contribution in [0.5, 0.6) is 0 Å². The van der Waals surface area contributed by atoms with Gasteiger partial charge in [0.15, 0.2) is 5.03 Å². The molecule has 1 aliphatic rings. The second-order valence-electron chi connectivity index (χ2n) is 4.13. The van der Waals surface area contributed by atoms with Crippen LogP contribution >= 0.6 is 11.6 Å². The molecular formula is C9H15ClN4O2S. The van der Waals surface area contributed by atoms with Gasteiger partial charge in [0.05, 0.1) is 0 Å². The van der Waals surface area contributed by atoms with Crippen LogP contribution in [-0.4, -0.2) is 48.0 Å². The molecule has 1 aromatic heterocycles. The van der Waals surface area contributed by atoms with E-state index in [0.717, 1.165) is 0 Å². The van der Waals surface area contributed by atoms with Gasteiger partial charge in [0.2, 0.25) is 5.28 Å². The van der Waals surface area contributed by atoms with Gasteiger partial charge >= 0.3 is 0 Å². The van der Waals surface area contributed by atoms with Crippen LogP contribution in [0.25, 0.3) is 0 Å². The highest BCUT2D eigenvalue weighted by molar-refractivity contribution is 7.89. The van der Waals surface area contributed by atoms with E-state index in [2.05, 4.69) is 10.3 Å². The lowest BCUT2D eigenvalue weighted by Gasteiger charge is -2.32. The summed E-state index contributed by atoms with van der Waals surface area (Å²) in [6, 6.07) is -0.0745. The molecular weight excluding hydrogens is 264 g/mol. The quantitative estimate of drug-likeness (QED) is 0.830. The molecule has 0 saturated carbocycles. The van der Waals surface area contributed by atoms with Gasteiger partial charge in [0, 0.05) is 38.9 Å². The van der Waals surface area contributed by atoms with Crippen LogP contribution in [0.15, 0.2) is 11.2 Å². The third-order valence-corrected chi connectivity index (χ3v) is 5.05. The van der Waals surface area contributed by atoms with Crippen molar-refractivity contribution in [1.82, 2.24) is 19.2 Å². The highest BCUT2D eigenvalue weighted by atomic mass is 35.5. The van der Waals surface area contributed by atoms with Crippen molar-refractivity contribution >= 4 is 21.6 Å². The summed E-state index contributed by atoms with van der Waals surface area (Å²) < 4.78 is 27.6. The minimum atomic E-state index is -3.54. The predicted molar refractivity (Wildman–Crippen MR) is 64.4 cm³/mol. The highest BCUT2D eigenvalue weighted by Gasteiger charge is 2.32. The Bertz CT molecular complexity index is 494. The Hall–Kier alpha value is -0.630. The van der Waals surface area contributed by atoms with Crippen molar-refractivity contribution < 1.29 is 8.42 Å². The van der Waals surface area contributed by atoms with Crippen molar-refractivity contribution in [3.8, 4) is 0 Å². The van der Waals surface area contributed by atoms with E-state index in [1.165, 1.54) is 15.1 Å². The first-order valence-corrected chi connectivity index (χ1v) is 7.16. The van der Waals surface area contributed by atoms with Crippen LogP contribution in [0.3, 0.4) is 0 Å². The van der Waals surface area contributed by atoms with Crippen LogP contribution in [0.1, 0.15) is 6.92 Å². The zero-order valence-electron chi connectivity index (χ0n) is 9.72. The molecule has 0 aromatic carbocycles. The van der Waals surface area contributed by atoms with Crippen molar-refractivity contribution in [3.63, 3.8) is 0 Å². The van der Waals surface area contributed by atoms with Crippen LogP contribution in [0.2, 0.25) is 5.28 Å². The zero-order chi connectivity index (χ0) is 12.6. The minimum Gasteiger partial charge on any atom is -0.323 e. The monoisotopic (exact) mass is 278 g/mol. The van der Waals surface area contributed by atoms with Crippen molar-refractivity contribution in [2.24, 2.45) is 7.05 Å². The number of nitrogens with one attached hydrogen (secondary N) is 1.